The predicted molar refractivity (Wildman–Crippen MR) is 107 cm³/mol. The average molecular weight is 415 g/mol. The van der Waals surface area contributed by atoms with Gasteiger partial charge in [0.05, 0.1) is 17.0 Å². The van der Waals surface area contributed by atoms with Crippen molar-refractivity contribution in [3.8, 4) is 11.5 Å². The molecule has 1 unspecified atom stereocenters. The molecule has 0 fully saturated rings. The van der Waals surface area contributed by atoms with Gasteiger partial charge in [0.2, 0.25) is 0 Å². The number of nitrogens with zero attached hydrogens (tertiary/aromatic N) is 2. The second-order valence-electron chi connectivity index (χ2n) is 6.58. The summed E-state index contributed by atoms with van der Waals surface area (Å²) in [6.07, 6.45) is -0.364. The van der Waals surface area contributed by atoms with Crippen molar-refractivity contribution in [3.63, 3.8) is 0 Å². The molecule has 1 amide bonds. The first-order valence-electron chi connectivity index (χ1n) is 9.14. The molecule has 10 nitrogen and oxygen atoms in total. The van der Waals surface area contributed by atoms with E-state index in [4.69, 9.17) is 14.2 Å². The van der Waals surface area contributed by atoms with Crippen molar-refractivity contribution in [2.24, 2.45) is 0 Å². The lowest BCUT2D eigenvalue weighted by atomic mass is 10.1. The first kappa shape index (κ1) is 20.9. The highest BCUT2D eigenvalue weighted by Crippen LogP contribution is 2.31. The monoisotopic (exact) mass is 415 g/mol. The van der Waals surface area contributed by atoms with Crippen LogP contribution in [0.1, 0.15) is 10.4 Å². The third-order valence-electron chi connectivity index (χ3n) is 4.50. The van der Waals surface area contributed by atoms with Gasteiger partial charge in [-0.3, -0.25) is 14.9 Å². The van der Waals surface area contributed by atoms with Crippen LogP contribution in [0.2, 0.25) is 0 Å². The van der Waals surface area contributed by atoms with Crippen LogP contribution in [0.4, 0.5) is 11.4 Å². The summed E-state index contributed by atoms with van der Waals surface area (Å²) >= 11 is 0. The zero-order chi connectivity index (χ0) is 21.7. The number of benzene rings is 2. The number of para-hydroxylation sites is 2. The molecular weight excluding hydrogens is 394 g/mol. The molecule has 1 N–H and O–H groups in total. The van der Waals surface area contributed by atoms with E-state index < -0.39 is 23.4 Å². The lowest BCUT2D eigenvalue weighted by Crippen LogP contribution is -2.43. The Morgan fingerprint density at radius 3 is 2.70 bits per heavy atom. The number of fused-ring (bicyclic) bond motifs is 1. The van der Waals surface area contributed by atoms with E-state index in [-0.39, 0.29) is 30.5 Å². The third kappa shape index (κ3) is 4.77. The Hall–Kier alpha value is -3.82. The summed E-state index contributed by atoms with van der Waals surface area (Å²) in [6.45, 7) is 0.0161. The lowest BCUT2D eigenvalue weighted by Gasteiger charge is -2.29. The van der Waals surface area contributed by atoms with E-state index in [0.29, 0.717) is 17.2 Å². The molecule has 1 atom stereocenters. The Bertz CT molecular complexity index is 963. The van der Waals surface area contributed by atoms with Crippen molar-refractivity contribution < 1.29 is 28.7 Å². The number of non-ortho nitro benzene ring substituents is 1. The Morgan fingerprint density at radius 2 is 2.00 bits per heavy atom. The molecule has 1 heterocycles. The normalized spacial score (nSPS) is 14.5. The summed E-state index contributed by atoms with van der Waals surface area (Å²) in [6, 6.07) is 11.0. The van der Waals surface area contributed by atoms with Crippen LogP contribution in [0.25, 0.3) is 0 Å². The van der Waals surface area contributed by atoms with Gasteiger partial charge in [-0.1, -0.05) is 12.1 Å². The van der Waals surface area contributed by atoms with Crippen molar-refractivity contribution in [1.29, 1.82) is 0 Å². The number of likely N-dealkylation sites (N-methyl/N-ethyl adjacent to an activating group) is 1. The molecule has 2 aromatic carbocycles. The SMILES string of the molecule is CNc1ccc([N+](=O)[O-])cc1C(=O)OCC(=O)N(C)CC1COc2ccccc2O1. The molecule has 1 aliphatic heterocycles. The Balaban J connectivity index is 1.56. The summed E-state index contributed by atoms with van der Waals surface area (Å²) < 4.78 is 16.5. The number of amides is 1. The minimum absolute atomic E-state index is 0.0252. The zero-order valence-corrected chi connectivity index (χ0v) is 16.5. The van der Waals surface area contributed by atoms with E-state index in [1.807, 2.05) is 12.1 Å². The van der Waals surface area contributed by atoms with Gasteiger partial charge in [0.25, 0.3) is 11.6 Å². The topological polar surface area (TPSA) is 120 Å². The summed E-state index contributed by atoms with van der Waals surface area (Å²) in [5.41, 5.74) is 0.0831. The number of rotatable bonds is 7. The van der Waals surface area contributed by atoms with Crippen LogP contribution in [0.5, 0.6) is 11.5 Å². The predicted octanol–water partition coefficient (Wildman–Crippen LogP) is 2.09. The summed E-state index contributed by atoms with van der Waals surface area (Å²) in [5, 5.41) is 13.7. The van der Waals surface area contributed by atoms with Gasteiger partial charge in [-0.2, -0.15) is 0 Å². The van der Waals surface area contributed by atoms with Crippen LogP contribution < -0.4 is 14.8 Å². The highest BCUT2D eigenvalue weighted by Gasteiger charge is 2.25. The van der Waals surface area contributed by atoms with E-state index in [1.165, 1.54) is 17.0 Å². The van der Waals surface area contributed by atoms with Crippen LogP contribution in [0, 0.1) is 10.1 Å². The number of carbonyl (C=O) groups excluding carboxylic acids is 2. The quantitative estimate of drug-likeness (QED) is 0.415. The number of nitro groups is 1. The van der Waals surface area contributed by atoms with Crippen LogP contribution in [-0.2, 0) is 9.53 Å². The molecule has 2 aromatic rings. The number of hydrogen-bond acceptors (Lipinski definition) is 8. The first-order chi connectivity index (χ1) is 14.4. The fraction of sp³-hybridized carbons (Fsp3) is 0.300. The second-order valence-corrected chi connectivity index (χ2v) is 6.58. The summed E-state index contributed by atoms with van der Waals surface area (Å²) in [7, 11) is 3.13. The van der Waals surface area contributed by atoms with Gasteiger partial charge < -0.3 is 24.4 Å². The average Bonchev–Trinajstić information content (AvgIpc) is 2.76. The molecule has 3 rings (SSSR count). The maximum atomic E-state index is 12.4. The fourth-order valence-electron chi connectivity index (χ4n) is 2.91. The number of anilines is 1. The minimum atomic E-state index is -0.837. The Kier molecular flexibility index (Phi) is 6.35. The molecule has 0 aromatic heterocycles. The van der Waals surface area contributed by atoms with E-state index in [0.717, 1.165) is 6.07 Å². The summed E-state index contributed by atoms with van der Waals surface area (Å²) in [5.74, 6) is -0.0292. The lowest BCUT2D eigenvalue weighted by molar-refractivity contribution is -0.384. The molecule has 10 heteroatoms. The molecule has 30 heavy (non-hydrogen) atoms. The molecule has 0 spiro atoms. The fourth-order valence-corrected chi connectivity index (χ4v) is 2.91. The molecule has 1 aliphatic rings. The molecule has 0 aliphatic carbocycles. The van der Waals surface area contributed by atoms with Crippen molar-refractivity contribution in [3.05, 3.63) is 58.1 Å². The smallest absolute Gasteiger partial charge is 0.341 e. The molecule has 0 radical (unpaired) electrons. The highest BCUT2D eigenvalue weighted by molar-refractivity contribution is 5.97. The van der Waals surface area contributed by atoms with Crippen LogP contribution in [-0.4, -0.2) is 61.7 Å². The number of ether oxygens (including phenoxy) is 3. The van der Waals surface area contributed by atoms with Gasteiger partial charge >= 0.3 is 5.97 Å². The van der Waals surface area contributed by atoms with Gasteiger partial charge in [-0.15, -0.1) is 0 Å². The van der Waals surface area contributed by atoms with E-state index in [9.17, 15) is 19.7 Å². The minimum Gasteiger partial charge on any atom is -0.486 e. The number of carbonyl (C=O) groups is 2. The van der Waals surface area contributed by atoms with Crippen LogP contribution in [0.15, 0.2) is 42.5 Å². The highest BCUT2D eigenvalue weighted by atomic mass is 16.6. The Labute approximate surface area is 172 Å². The third-order valence-corrected chi connectivity index (χ3v) is 4.50. The molecule has 0 saturated heterocycles. The maximum absolute atomic E-state index is 12.4. The van der Waals surface area contributed by atoms with Gasteiger partial charge in [-0.05, 0) is 18.2 Å². The van der Waals surface area contributed by atoms with Gasteiger partial charge in [-0.25, -0.2) is 4.79 Å². The van der Waals surface area contributed by atoms with Crippen molar-refractivity contribution in [2.45, 2.75) is 6.10 Å². The maximum Gasteiger partial charge on any atom is 0.341 e. The van der Waals surface area contributed by atoms with Crippen LogP contribution >= 0.6 is 0 Å². The van der Waals surface area contributed by atoms with E-state index in [1.54, 1.807) is 26.2 Å². The van der Waals surface area contributed by atoms with Crippen molar-refractivity contribution in [2.75, 3.05) is 39.2 Å². The van der Waals surface area contributed by atoms with E-state index in [2.05, 4.69) is 5.32 Å². The number of hydrogen-bond donors (Lipinski definition) is 1. The van der Waals surface area contributed by atoms with Gasteiger partial charge in [0.15, 0.2) is 24.2 Å². The molecule has 158 valence electrons. The van der Waals surface area contributed by atoms with Gasteiger partial charge in [0.1, 0.15) is 6.61 Å². The Morgan fingerprint density at radius 1 is 1.27 bits per heavy atom. The van der Waals surface area contributed by atoms with Crippen molar-refractivity contribution in [1.82, 2.24) is 4.90 Å². The van der Waals surface area contributed by atoms with Crippen molar-refractivity contribution >= 4 is 23.3 Å². The number of esters is 1. The summed E-state index contributed by atoms with van der Waals surface area (Å²) in [4.78, 5) is 36.4. The van der Waals surface area contributed by atoms with E-state index >= 15 is 0 Å². The standard InChI is InChI=1S/C20H21N3O7/c1-21-16-8-7-13(23(26)27)9-15(16)20(25)29-12-19(24)22(2)10-14-11-28-17-5-3-4-6-18(17)30-14/h3-9,14,21H,10-12H2,1-2H3. The van der Waals surface area contributed by atoms with Crippen LogP contribution in [0.3, 0.4) is 0 Å². The first-order valence-corrected chi connectivity index (χ1v) is 9.14. The molecular formula is C20H21N3O7. The zero-order valence-electron chi connectivity index (χ0n) is 16.5. The largest absolute Gasteiger partial charge is 0.486 e. The van der Waals surface area contributed by atoms with Gasteiger partial charge in [0, 0.05) is 31.9 Å². The number of nitro benzene ring substituents is 1. The second kappa shape index (κ2) is 9.12. The molecule has 0 saturated carbocycles. The molecule has 0 bridgehead atoms. The number of nitrogens with one attached hydrogen (secondary N) is 1.